The quantitative estimate of drug-likeness (QED) is 0.727. The molecule has 0 spiro atoms. The Labute approximate surface area is 137 Å². The molecule has 0 fully saturated rings. The fourth-order valence-electron chi connectivity index (χ4n) is 2.57. The fraction of sp³-hybridized carbons (Fsp3) is 0.250. The summed E-state index contributed by atoms with van der Waals surface area (Å²) in [4.78, 5) is 24.3. The van der Waals surface area contributed by atoms with Gasteiger partial charge in [0.25, 0.3) is 0 Å². The number of esters is 2. The van der Waals surface area contributed by atoms with E-state index in [1.807, 2.05) is 0 Å². The molecule has 0 radical (unpaired) electrons. The third kappa shape index (κ3) is 2.32. The molecule has 8 heteroatoms. The number of fused-ring (bicyclic) bond motifs is 3. The van der Waals surface area contributed by atoms with E-state index in [2.05, 4.69) is 10.2 Å². The van der Waals surface area contributed by atoms with E-state index in [9.17, 15) is 9.59 Å². The predicted octanol–water partition coefficient (Wildman–Crippen LogP) is 1.82. The Hall–Kier alpha value is -3.16. The first-order valence-corrected chi connectivity index (χ1v) is 7.49. The lowest BCUT2D eigenvalue weighted by molar-refractivity contribution is 0.0515. The van der Waals surface area contributed by atoms with Crippen molar-refractivity contribution in [1.29, 1.82) is 0 Å². The maximum atomic E-state index is 12.3. The first-order valence-electron chi connectivity index (χ1n) is 7.49. The average Bonchev–Trinajstić information content (AvgIpc) is 2.90. The van der Waals surface area contributed by atoms with Crippen LogP contribution in [0, 0.1) is 0 Å². The molecule has 0 saturated carbocycles. The summed E-state index contributed by atoms with van der Waals surface area (Å²) in [5.41, 5.74) is 7.15. The monoisotopic (exact) mass is 328 g/mol. The van der Waals surface area contributed by atoms with Gasteiger partial charge in [-0.3, -0.25) is 4.40 Å². The summed E-state index contributed by atoms with van der Waals surface area (Å²) in [6.45, 7) is 3.83. The largest absolute Gasteiger partial charge is 0.462 e. The van der Waals surface area contributed by atoms with Crippen molar-refractivity contribution < 1.29 is 19.1 Å². The Morgan fingerprint density at radius 3 is 2.46 bits per heavy atom. The first-order chi connectivity index (χ1) is 11.6. The van der Waals surface area contributed by atoms with Crippen molar-refractivity contribution in [2.24, 2.45) is 0 Å². The van der Waals surface area contributed by atoms with Crippen LogP contribution in [0.25, 0.3) is 16.6 Å². The molecule has 8 nitrogen and oxygen atoms in total. The normalized spacial score (nSPS) is 10.9. The molecule has 24 heavy (non-hydrogen) atoms. The second-order valence-corrected chi connectivity index (χ2v) is 4.93. The SMILES string of the molecule is CCOC(=O)c1nnc2c(C(=O)OCC)c3ccccc3n2c1N. The molecule has 0 saturated heterocycles. The molecule has 3 rings (SSSR count). The van der Waals surface area contributed by atoms with Gasteiger partial charge in [0.15, 0.2) is 5.65 Å². The molecule has 1 aromatic carbocycles. The van der Waals surface area contributed by atoms with Crippen LogP contribution in [0.15, 0.2) is 24.3 Å². The van der Waals surface area contributed by atoms with E-state index in [4.69, 9.17) is 15.2 Å². The second-order valence-electron chi connectivity index (χ2n) is 4.93. The Morgan fingerprint density at radius 1 is 1.08 bits per heavy atom. The zero-order chi connectivity index (χ0) is 17.3. The van der Waals surface area contributed by atoms with Crippen LogP contribution >= 0.6 is 0 Å². The Balaban J connectivity index is 2.35. The number of aromatic nitrogens is 3. The lowest BCUT2D eigenvalue weighted by atomic mass is 10.2. The highest BCUT2D eigenvalue weighted by Crippen LogP contribution is 2.29. The Kier molecular flexibility index (Phi) is 4.03. The molecule has 2 N–H and O–H groups in total. The van der Waals surface area contributed by atoms with Gasteiger partial charge in [0, 0.05) is 5.39 Å². The molecule has 0 aliphatic rings. The summed E-state index contributed by atoms with van der Waals surface area (Å²) < 4.78 is 11.6. The molecule has 0 amide bonds. The molecule has 0 aliphatic carbocycles. The number of nitrogens with zero attached hydrogens (tertiary/aromatic N) is 3. The van der Waals surface area contributed by atoms with Crippen LogP contribution < -0.4 is 5.73 Å². The van der Waals surface area contributed by atoms with Crippen LogP contribution in [0.5, 0.6) is 0 Å². The van der Waals surface area contributed by atoms with Crippen molar-refractivity contribution in [3.8, 4) is 0 Å². The van der Waals surface area contributed by atoms with Gasteiger partial charge < -0.3 is 15.2 Å². The van der Waals surface area contributed by atoms with Gasteiger partial charge in [-0.05, 0) is 19.9 Å². The van der Waals surface area contributed by atoms with Crippen molar-refractivity contribution in [2.45, 2.75) is 13.8 Å². The third-order valence-electron chi connectivity index (χ3n) is 3.53. The van der Waals surface area contributed by atoms with E-state index in [-0.39, 0.29) is 35.9 Å². The zero-order valence-electron chi connectivity index (χ0n) is 13.3. The lowest BCUT2D eigenvalue weighted by Gasteiger charge is -2.07. The van der Waals surface area contributed by atoms with E-state index in [1.165, 1.54) is 4.40 Å². The van der Waals surface area contributed by atoms with Gasteiger partial charge in [0.05, 0.1) is 18.7 Å². The summed E-state index contributed by atoms with van der Waals surface area (Å²) in [6, 6.07) is 7.13. The van der Waals surface area contributed by atoms with E-state index in [1.54, 1.807) is 38.1 Å². The molecular weight excluding hydrogens is 312 g/mol. The Bertz CT molecular complexity index is 948. The molecule has 0 unspecified atom stereocenters. The van der Waals surface area contributed by atoms with Gasteiger partial charge in [-0.1, -0.05) is 18.2 Å². The minimum atomic E-state index is -0.667. The highest BCUT2D eigenvalue weighted by atomic mass is 16.5. The van der Waals surface area contributed by atoms with Gasteiger partial charge in [0.2, 0.25) is 5.69 Å². The summed E-state index contributed by atoms with van der Waals surface area (Å²) in [5.74, 6) is -1.13. The van der Waals surface area contributed by atoms with Gasteiger partial charge in [0.1, 0.15) is 11.4 Å². The van der Waals surface area contributed by atoms with E-state index < -0.39 is 11.9 Å². The van der Waals surface area contributed by atoms with Gasteiger partial charge >= 0.3 is 11.9 Å². The van der Waals surface area contributed by atoms with Gasteiger partial charge in [-0.15, -0.1) is 10.2 Å². The highest BCUT2D eigenvalue weighted by molar-refractivity contribution is 6.11. The van der Waals surface area contributed by atoms with Crippen molar-refractivity contribution in [2.75, 3.05) is 18.9 Å². The third-order valence-corrected chi connectivity index (χ3v) is 3.53. The number of para-hydroxylation sites is 1. The summed E-state index contributed by atoms with van der Waals surface area (Å²) in [5, 5.41) is 8.49. The van der Waals surface area contributed by atoms with Crippen LogP contribution in [0.1, 0.15) is 34.7 Å². The van der Waals surface area contributed by atoms with Crippen LogP contribution in [-0.2, 0) is 9.47 Å². The molecule has 2 heterocycles. The van der Waals surface area contributed by atoms with Crippen LogP contribution in [0.2, 0.25) is 0 Å². The molecule has 2 aromatic heterocycles. The number of ether oxygens (including phenoxy) is 2. The summed E-state index contributed by atoms with van der Waals surface area (Å²) in [6.07, 6.45) is 0. The highest BCUT2D eigenvalue weighted by Gasteiger charge is 2.25. The first kappa shape index (κ1) is 15.7. The van der Waals surface area contributed by atoms with Crippen molar-refractivity contribution in [3.63, 3.8) is 0 Å². The van der Waals surface area contributed by atoms with Crippen LogP contribution in [0.4, 0.5) is 5.82 Å². The number of carbonyl (C=O) groups excluding carboxylic acids is 2. The number of benzene rings is 1. The molecule has 0 aliphatic heterocycles. The minimum absolute atomic E-state index is 0.0604. The molecule has 0 atom stereocenters. The van der Waals surface area contributed by atoms with Crippen molar-refractivity contribution >= 4 is 34.3 Å². The standard InChI is InChI=1S/C16H16N4O4/c1-3-23-15(21)11-9-7-5-6-8-10(9)20-13(17)12(16(22)24-4-2)18-19-14(11)20/h5-8H,3-4,17H2,1-2H3. The van der Waals surface area contributed by atoms with E-state index in [0.29, 0.717) is 10.9 Å². The van der Waals surface area contributed by atoms with Crippen LogP contribution in [-0.4, -0.2) is 39.8 Å². The van der Waals surface area contributed by atoms with Crippen molar-refractivity contribution in [1.82, 2.24) is 14.6 Å². The van der Waals surface area contributed by atoms with Crippen LogP contribution in [0.3, 0.4) is 0 Å². The van der Waals surface area contributed by atoms with Crippen molar-refractivity contribution in [3.05, 3.63) is 35.5 Å². The smallest absolute Gasteiger partial charge is 0.362 e. The minimum Gasteiger partial charge on any atom is -0.462 e. The number of rotatable bonds is 4. The van der Waals surface area contributed by atoms with E-state index >= 15 is 0 Å². The Morgan fingerprint density at radius 2 is 1.75 bits per heavy atom. The zero-order valence-corrected chi connectivity index (χ0v) is 13.3. The molecule has 0 bridgehead atoms. The van der Waals surface area contributed by atoms with Gasteiger partial charge in [-0.25, -0.2) is 9.59 Å². The van der Waals surface area contributed by atoms with E-state index in [0.717, 1.165) is 0 Å². The number of nitrogen functional groups attached to an aromatic ring is 1. The lowest BCUT2D eigenvalue weighted by Crippen LogP contribution is -2.15. The maximum absolute atomic E-state index is 12.3. The molecular formula is C16H16N4O4. The number of nitrogens with two attached hydrogens (primary N) is 1. The number of carbonyl (C=O) groups is 2. The number of hydrogen-bond donors (Lipinski definition) is 1. The molecule has 124 valence electrons. The predicted molar refractivity (Wildman–Crippen MR) is 86.8 cm³/mol. The fourth-order valence-corrected chi connectivity index (χ4v) is 2.57. The average molecular weight is 328 g/mol. The number of anilines is 1. The topological polar surface area (TPSA) is 109 Å². The second kappa shape index (κ2) is 6.15. The summed E-state index contributed by atoms with van der Waals surface area (Å²) >= 11 is 0. The number of hydrogen-bond acceptors (Lipinski definition) is 7. The summed E-state index contributed by atoms with van der Waals surface area (Å²) in [7, 11) is 0. The van der Waals surface area contributed by atoms with Gasteiger partial charge in [-0.2, -0.15) is 0 Å². The molecule has 3 aromatic rings. The maximum Gasteiger partial charge on any atom is 0.362 e.